The van der Waals surface area contributed by atoms with Crippen LogP contribution in [0.4, 0.5) is 17.2 Å². The third-order valence-electron chi connectivity index (χ3n) is 5.31. The maximum Gasteiger partial charge on any atom is 0.259 e. The third-order valence-corrected chi connectivity index (χ3v) is 5.31. The minimum atomic E-state index is -1.15. The Bertz CT molecular complexity index is 1270. The molecular formula is C25H27N7O2. The zero-order valence-electron chi connectivity index (χ0n) is 19.1. The summed E-state index contributed by atoms with van der Waals surface area (Å²) in [6.07, 6.45) is 5.82. The lowest BCUT2D eigenvalue weighted by molar-refractivity contribution is 0.102. The highest BCUT2D eigenvalue weighted by Crippen LogP contribution is 2.26. The summed E-state index contributed by atoms with van der Waals surface area (Å²) in [6.45, 7) is 4.86. The molecular weight excluding hydrogens is 430 g/mol. The van der Waals surface area contributed by atoms with Crippen molar-refractivity contribution in [2.45, 2.75) is 31.9 Å². The Balaban J connectivity index is 1.56. The first-order chi connectivity index (χ1) is 16.2. The largest absolute Gasteiger partial charge is 0.383 e. The molecule has 0 aliphatic carbocycles. The first-order valence-electron chi connectivity index (χ1n) is 10.9. The molecule has 0 saturated carbocycles. The molecule has 1 atom stereocenters. The molecule has 3 aromatic heterocycles. The molecule has 0 unspecified atom stereocenters. The Morgan fingerprint density at radius 2 is 2.00 bits per heavy atom. The van der Waals surface area contributed by atoms with Crippen LogP contribution in [0.2, 0.25) is 0 Å². The molecule has 1 aliphatic rings. The highest BCUT2D eigenvalue weighted by Gasteiger charge is 2.20. The summed E-state index contributed by atoms with van der Waals surface area (Å²) in [7, 11) is 0. The maximum absolute atomic E-state index is 13.0. The molecule has 1 amide bonds. The van der Waals surface area contributed by atoms with Crippen molar-refractivity contribution in [3.05, 3.63) is 60.2 Å². The van der Waals surface area contributed by atoms with Crippen molar-refractivity contribution >= 4 is 23.1 Å². The summed E-state index contributed by atoms with van der Waals surface area (Å²) < 4.78 is 0. The molecule has 9 heteroatoms. The predicted molar refractivity (Wildman–Crippen MR) is 132 cm³/mol. The molecule has 1 aliphatic heterocycles. The summed E-state index contributed by atoms with van der Waals surface area (Å²) in [5, 5.41) is 12.6. The quantitative estimate of drug-likeness (QED) is 0.436. The molecule has 4 rings (SSSR count). The van der Waals surface area contributed by atoms with E-state index in [1.54, 1.807) is 44.4 Å². The Hall–Kier alpha value is -4.00. The fourth-order valence-electron chi connectivity index (χ4n) is 3.59. The summed E-state index contributed by atoms with van der Waals surface area (Å²) in [5.41, 5.74) is 14.4. The zero-order valence-corrected chi connectivity index (χ0v) is 19.1. The number of aromatic nitrogens is 3. The topological polar surface area (TPSA) is 143 Å². The van der Waals surface area contributed by atoms with Crippen LogP contribution in [0.3, 0.4) is 0 Å². The van der Waals surface area contributed by atoms with Crippen molar-refractivity contribution in [2.75, 3.05) is 29.0 Å². The molecule has 0 aromatic carbocycles. The van der Waals surface area contributed by atoms with Crippen molar-refractivity contribution in [3.63, 3.8) is 0 Å². The van der Waals surface area contributed by atoms with Crippen LogP contribution >= 0.6 is 0 Å². The van der Waals surface area contributed by atoms with E-state index in [0.29, 0.717) is 22.6 Å². The number of hydrogen-bond acceptors (Lipinski definition) is 8. The maximum atomic E-state index is 13.0. The number of aliphatic hydroxyl groups is 1. The van der Waals surface area contributed by atoms with E-state index in [1.807, 2.05) is 12.1 Å². The number of nitrogens with zero attached hydrogens (tertiary/aromatic N) is 4. The average Bonchev–Trinajstić information content (AvgIpc) is 3.24. The van der Waals surface area contributed by atoms with Crippen LogP contribution in [0, 0.1) is 11.8 Å². The van der Waals surface area contributed by atoms with Gasteiger partial charge in [-0.25, -0.2) is 9.97 Å². The second-order valence-corrected chi connectivity index (χ2v) is 8.74. The van der Waals surface area contributed by atoms with Gasteiger partial charge in [-0.1, -0.05) is 5.92 Å². The molecule has 0 spiro atoms. The molecule has 174 valence electrons. The molecule has 9 nitrogen and oxygen atoms in total. The smallest absolute Gasteiger partial charge is 0.259 e. The van der Waals surface area contributed by atoms with Gasteiger partial charge in [0, 0.05) is 54.7 Å². The third kappa shape index (κ3) is 5.67. The average molecular weight is 458 g/mol. The lowest BCUT2D eigenvalue weighted by Gasteiger charge is -2.18. The second kappa shape index (κ2) is 9.47. The van der Waals surface area contributed by atoms with E-state index in [1.165, 1.54) is 6.20 Å². The van der Waals surface area contributed by atoms with Gasteiger partial charge < -0.3 is 26.8 Å². The first-order valence-corrected chi connectivity index (χ1v) is 10.9. The minimum absolute atomic E-state index is 0.110. The molecule has 6 N–H and O–H groups in total. The van der Waals surface area contributed by atoms with Crippen molar-refractivity contribution in [3.8, 4) is 23.1 Å². The number of carbonyl (C=O) groups excluding carboxylic acids is 1. The standard InChI is InChI=1S/C25H27N7O2/c1-25(2,34)7-3-18-12-19(4-8-28-18)31-24(33)21-11-16(14-30-23(21)27)22-13-20(5-9-29-22)32-10-6-17(26)15-32/h4-5,8-9,11-14,17,34H,6,10,15,26H2,1-2H3,(H2,27,30)(H,28,31,33)/t17-/m1/s1. The second-order valence-electron chi connectivity index (χ2n) is 8.74. The first kappa shape index (κ1) is 23.2. The molecule has 3 aromatic rings. The van der Waals surface area contributed by atoms with E-state index >= 15 is 0 Å². The summed E-state index contributed by atoms with van der Waals surface area (Å²) in [6, 6.07) is 9.02. The molecule has 0 radical (unpaired) electrons. The number of nitrogen functional groups attached to an aromatic ring is 1. The predicted octanol–water partition coefficient (Wildman–Crippen LogP) is 2.03. The van der Waals surface area contributed by atoms with Crippen LogP contribution in [0.5, 0.6) is 0 Å². The van der Waals surface area contributed by atoms with Crippen molar-refractivity contribution in [1.29, 1.82) is 0 Å². The number of amides is 1. The van der Waals surface area contributed by atoms with E-state index in [4.69, 9.17) is 11.5 Å². The zero-order chi connectivity index (χ0) is 24.3. The van der Waals surface area contributed by atoms with E-state index in [2.05, 4.69) is 37.0 Å². The Kier molecular flexibility index (Phi) is 6.45. The Morgan fingerprint density at radius 3 is 2.74 bits per heavy atom. The Labute approximate surface area is 198 Å². The van der Waals surface area contributed by atoms with Gasteiger partial charge in [-0.2, -0.15) is 0 Å². The van der Waals surface area contributed by atoms with Crippen LogP contribution in [-0.2, 0) is 0 Å². The molecule has 34 heavy (non-hydrogen) atoms. The van der Waals surface area contributed by atoms with Crippen LogP contribution in [-0.4, -0.2) is 50.7 Å². The fraction of sp³-hybridized carbons (Fsp3) is 0.280. The van der Waals surface area contributed by atoms with E-state index in [-0.39, 0.29) is 17.4 Å². The van der Waals surface area contributed by atoms with Crippen LogP contribution in [0.1, 0.15) is 36.3 Å². The van der Waals surface area contributed by atoms with Crippen LogP contribution in [0.15, 0.2) is 48.9 Å². The highest BCUT2D eigenvalue weighted by atomic mass is 16.3. The fourth-order valence-corrected chi connectivity index (χ4v) is 3.59. The number of anilines is 3. The molecule has 0 bridgehead atoms. The van der Waals surface area contributed by atoms with Crippen molar-refractivity contribution in [1.82, 2.24) is 15.0 Å². The van der Waals surface area contributed by atoms with Crippen molar-refractivity contribution < 1.29 is 9.90 Å². The number of hydrogen-bond donors (Lipinski definition) is 4. The summed E-state index contributed by atoms with van der Waals surface area (Å²) >= 11 is 0. The van der Waals surface area contributed by atoms with Gasteiger partial charge in [-0.3, -0.25) is 9.78 Å². The molecule has 1 saturated heterocycles. The van der Waals surface area contributed by atoms with Gasteiger partial charge in [0.1, 0.15) is 17.1 Å². The molecule has 1 fully saturated rings. The lowest BCUT2D eigenvalue weighted by Crippen LogP contribution is -2.26. The van der Waals surface area contributed by atoms with Gasteiger partial charge in [-0.05, 0) is 56.5 Å². The number of carbonyl (C=O) groups is 1. The summed E-state index contributed by atoms with van der Waals surface area (Å²) in [5.74, 6) is 5.18. The van der Waals surface area contributed by atoms with Gasteiger partial charge in [0.25, 0.3) is 5.91 Å². The summed E-state index contributed by atoms with van der Waals surface area (Å²) in [4.78, 5) is 28.0. The molecule has 4 heterocycles. The van der Waals surface area contributed by atoms with Gasteiger partial charge in [0.15, 0.2) is 0 Å². The highest BCUT2D eigenvalue weighted by molar-refractivity contribution is 6.07. The number of rotatable bonds is 4. The van der Waals surface area contributed by atoms with Crippen LogP contribution < -0.4 is 21.7 Å². The van der Waals surface area contributed by atoms with Gasteiger partial charge in [0.2, 0.25) is 0 Å². The number of nitrogens with two attached hydrogens (primary N) is 2. The van der Waals surface area contributed by atoms with E-state index in [0.717, 1.165) is 25.2 Å². The normalized spacial score (nSPS) is 15.5. The number of nitrogens with one attached hydrogen (secondary N) is 1. The van der Waals surface area contributed by atoms with E-state index in [9.17, 15) is 9.90 Å². The van der Waals surface area contributed by atoms with E-state index < -0.39 is 11.5 Å². The van der Waals surface area contributed by atoms with Crippen molar-refractivity contribution in [2.24, 2.45) is 5.73 Å². The van der Waals surface area contributed by atoms with Gasteiger partial charge >= 0.3 is 0 Å². The van der Waals surface area contributed by atoms with Gasteiger partial charge in [-0.15, -0.1) is 0 Å². The minimum Gasteiger partial charge on any atom is -0.383 e. The number of pyridine rings is 3. The lowest BCUT2D eigenvalue weighted by atomic mass is 10.1. The Morgan fingerprint density at radius 1 is 1.21 bits per heavy atom. The van der Waals surface area contributed by atoms with Gasteiger partial charge in [0.05, 0.1) is 11.3 Å². The van der Waals surface area contributed by atoms with Crippen LogP contribution in [0.25, 0.3) is 11.3 Å². The monoisotopic (exact) mass is 457 g/mol. The SMILES string of the molecule is CC(C)(O)C#Cc1cc(NC(=O)c2cc(-c3cc(N4CC[C@@H](N)C4)ccn3)cnc2N)ccn1.